The van der Waals surface area contributed by atoms with Crippen molar-refractivity contribution in [2.75, 3.05) is 0 Å². The fourth-order valence-corrected chi connectivity index (χ4v) is 3.21. The molecule has 0 aliphatic rings. The fraction of sp³-hybridized carbons (Fsp3) is 0.250. The van der Waals surface area contributed by atoms with Crippen LogP contribution >= 0.6 is 34.5 Å². The van der Waals surface area contributed by atoms with Crippen LogP contribution in [0.25, 0.3) is 0 Å². The lowest BCUT2D eigenvalue weighted by atomic mass is 9.93. The number of hydrogen-bond donors (Lipinski definition) is 1. The van der Waals surface area contributed by atoms with Crippen molar-refractivity contribution >= 4 is 34.5 Å². The van der Waals surface area contributed by atoms with Crippen molar-refractivity contribution in [3.8, 4) is 0 Å². The normalized spacial score (nSPS) is 14.6. The van der Waals surface area contributed by atoms with E-state index in [0.29, 0.717) is 14.2 Å². The number of aliphatic hydroxyl groups excluding tert-OH is 1. The number of aromatic nitrogens is 1. The molecule has 17 heavy (non-hydrogen) atoms. The van der Waals surface area contributed by atoms with Gasteiger partial charge in [-0.3, -0.25) is 4.98 Å². The molecule has 1 N–H and O–H groups in total. The highest BCUT2D eigenvalue weighted by Crippen LogP contribution is 2.40. The van der Waals surface area contributed by atoms with E-state index in [9.17, 15) is 5.11 Å². The van der Waals surface area contributed by atoms with Crippen LogP contribution in [0, 0.1) is 0 Å². The van der Waals surface area contributed by atoms with Crippen LogP contribution in [0.5, 0.6) is 0 Å². The molecule has 2 nitrogen and oxygen atoms in total. The summed E-state index contributed by atoms with van der Waals surface area (Å²) in [6.45, 7) is 1.95. The molecule has 0 aromatic carbocycles. The first-order chi connectivity index (χ1) is 8.09. The standard InChI is InChI=1S/C12H11Cl2NOS/c1-7(8-2-4-15-5-3-8)11(16)9-6-10(13)17-12(9)14/h2-7,11,16H,1H3. The van der Waals surface area contributed by atoms with E-state index in [4.69, 9.17) is 23.2 Å². The zero-order chi connectivity index (χ0) is 12.4. The van der Waals surface area contributed by atoms with Crippen molar-refractivity contribution in [1.82, 2.24) is 4.98 Å². The molecule has 2 heterocycles. The summed E-state index contributed by atoms with van der Waals surface area (Å²) in [6.07, 6.45) is 2.76. The number of rotatable bonds is 3. The van der Waals surface area contributed by atoms with E-state index in [1.165, 1.54) is 11.3 Å². The van der Waals surface area contributed by atoms with Crippen molar-refractivity contribution in [2.45, 2.75) is 18.9 Å². The van der Waals surface area contributed by atoms with E-state index in [-0.39, 0.29) is 5.92 Å². The van der Waals surface area contributed by atoms with Gasteiger partial charge in [0.15, 0.2) is 0 Å². The number of aliphatic hydroxyl groups is 1. The highest BCUT2D eigenvalue weighted by molar-refractivity contribution is 7.20. The maximum atomic E-state index is 10.3. The van der Waals surface area contributed by atoms with Crippen LogP contribution in [-0.2, 0) is 0 Å². The van der Waals surface area contributed by atoms with E-state index < -0.39 is 6.10 Å². The van der Waals surface area contributed by atoms with E-state index in [1.54, 1.807) is 18.5 Å². The summed E-state index contributed by atoms with van der Waals surface area (Å²) < 4.78 is 1.13. The zero-order valence-electron chi connectivity index (χ0n) is 9.10. The van der Waals surface area contributed by atoms with E-state index in [1.807, 2.05) is 19.1 Å². The predicted molar refractivity (Wildman–Crippen MR) is 72.0 cm³/mol. The Hall–Kier alpha value is -0.610. The third kappa shape index (κ3) is 2.80. The van der Waals surface area contributed by atoms with Gasteiger partial charge in [-0.1, -0.05) is 30.1 Å². The van der Waals surface area contributed by atoms with E-state index in [2.05, 4.69) is 4.98 Å². The highest BCUT2D eigenvalue weighted by atomic mass is 35.5. The van der Waals surface area contributed by atoms with Crippen LogP contribution in [0.15, 0.2) is 30.6 Å². The van der Waals surface area contributed by atoms with Crippen molar-refractivity contribution in [3.05, 3.63) is 50.4 Å². The molecule has 0 aliphatic heterocycles. The van der Waals surface area contributed by atoms with Gasteiger partial charge in [-0.25, -0.2) is 0 Å². The maximum Gasteiger partial charge on any atom is 0.100 e. The second kappa shape index (κ2) is 5.36. The molecular weight excluding hydrogens is 277 g/mol. The Morgan fingerprint density at radius 1 is 1.29 bits per heavy atom. The van der Waals surface area contributed by atoms with Gasteiger partial charge in [0.1, 0.15) is 4.34 Å². The maximum absolute atomic E-state index is 10.3. The van der Waals surface area contributed by atoms with Crippen LogP contribution in [-0.4, -0.2) is 10.1 Å². The average Bonchev–Trinajstić information content (AvgIpc) is 2.68. The fourth-order valence-electron chi connectivity index (χ4n) is 1.67. The van der Waals surface area contributed by atoms with Gasteiger partial charge in [0.2, 0.25) is 0 Å². The van der Waals surface area contributed by atoms with Crippen molar-refractivity contribution in [2.24, 2.45) is 0 Å². The predicted octanol–water partition coefficient (Wildman–Crippen LogP) is 4.29. The largest absolute Gasteiger partial charge is 0.388 e. The quantitative estimate of drug-likeness (QED) is 0.914. The van der Waals surface area contributed by atoms with Gasteiger partial charge in [0.25, 0.3) is 0 Å². The Kier molecular flexibility index (Phi) is 4.05. The molecule has 0 aliphatic carbocycles. The van der Waals surface area contributed by atoms with Crippen molar-refractivity contribution in [3.63, 3.8) is 0 Å². The Balaban J connectivity index is 2.26. The Bertz CT molecular complexity index is 500. The zero-order valence-corrected chi connectivity index (χ0v) is 11.4. The third-order valence-corrected chi connectivity index (χ3v) is 4.23. The van der Waals surface area contributed by atoms with E-state index in [0.717, 1.165) is 5.56 Å². The summed E-state index contributed by atoms with van der Waals surface area (Å²) in [5, 5.41) is 10.3. The number of pyridine rings is 1. The first kappa shape index (κ1) is 12.8. The number of halogens is 2. The molecule has 0 saturated heterocycles. The first-order valence-corrected chi connectivity index (χ1v) is 6.69. The molecule has 2 aromatic rings. The lowest BCUT2D eigenvalue weighted by Gasteiger charge is -2.18. The molecule has 2 rings (SSSR count). The summed E-state index contributed by atoms with van der Waals surface area (Å²) in [7, 11) is 0. The summed E-state index contributed by atoms with van der Waals surface area (Å²) in [4.78, 5) is 3.95. The monoisotopic (exact) mass is 287 g/mol. The molecule has 2 unspecified atom stereocenters. The summed E-state index contributed by atoms with van der Waals surface area (Å²) in [5.41, 5.74) is 1.71. The summed E-state index contributed by atoms with van der Waals surface area (Å²) in [6, 6.07) is 5.49. The molecular formula is C12H11Cl2NOS. The van der Waals surface area contributed by atoms with Crippen LogP contribution < -0.4 is 0 Å². The minimum atomic E-state index is -0.659. The van der Waals surface area contributed by atoms with Gasteiger partial charge in [-0.05, 0) is 23.8 Å². The Morgan fingerprint density at radius 2 is 1.94 bits per heavy atom. The number of hydrogen-bond acceptors (Lipinski definition) is 3. The van der Waals surface area contributed by atoms with Crippen molar-refractivity contribution < 1.29 is 5.11 Å². The average molecular weight is 288 g/mol. The minimum Gasteiger partial charge on any atom is -0.388 e. The highest BCUT2D eigenvalue weighted by Gasteiger charge is 2.22. The lowest BCUT2D eigenvalue weighted by molar-refractivity contribution is 0.152. The Morgan fingerprint density at radius 3 is 2.47 bits per heavy atom. The smallest absolute Gasteiger partial charge is 0.100 e. The molecule has 0 saturated carbocycles. The van der Waals surface area contributed by atoms with Gasteiger partial charge < -0.3 is 5.11 Å². The molecule has 0 bridgehead atoms. The molecule has 5 heteroatoms. The van der Waals surface area contributed by atoms with E-state index >= 15 is 0 Å². The van der Waals surface area contributed by atoms with Crippen LogP contribution in [0.2, 0.25) is 8.67 Å². The second-order valence-electron chi connectivity index (χ2n) is 3.79. The summed E-state index contributed by atoms with van der Waals surface area (Å²) in [5.74, 6) is -0.0545. The van der Waals surface area contributed by atoms with Crippen molar-refractivity contribution in [1.29, 1.82) is 0 Å². The topological polar surface area (TPSA) is 33.1 Å². The number of thiophene rings is 1. The number of nitrogens with zero attached hydrogens (tertiary/aromatic N) is 1. The van der Waals surface area contributed by atoms with Gasteiger partial charge in [-0.15, -0.1) is 11.3 Å². The molecule has 0 fully saturated rings. The van der Waals surface area contributed by atoms with Crippen LogP contribution in [0.3, 0.4) is 0 Å². The first-order valence-electron chi connectivity index (χ1n) is 5.12. The van der Waals surface area contributed by atoms with Gasteiger partial charge in [0.05, 0.1) is 10.4 Å². The van der Waals surface area contributed by atoms with Gasteiger partial charge >= 0.3 is 0 Å². The molecule has 0 spiro atoms. The molecule has 0 radical (unpaired) electrons. The van der Waals surface area contributed by atoms with Gasteiger partial charge in [0, 0.05) is 23.9 Å². The lowest BCUT2D eigenvalue weighted by Crippen LogP contribution is -2.07. The molecule has 0 amide bonds. The third-order valence-electron chi connectivity index (χ3n) is 2.71. The molecule has 90 valence electrons. The summed E-state index contributed by atoms with van der Waals surface area (Å²) >= 11 is 13.2. The Labute approximate surface area is 114 Å². The van der Waals surface area contributed by atoms with Crippen LogP contribution in [0.1, 0.15) is 30.1 Å². The van der Waals surface area contributed by atoms with Gasteiger partial charge in [-0.2, -0.15) is 0 Å². The second-order valence-corrected chi connectivity index (χ2v) is 6.08. The minimum absolute atomic E-state index is 0.0545. The molecule has 2 atom stereocenters. The SMILES string of the molecule is CC(c1ccncc1)C(O)c1cc(Cl)sc1Cl. The molecule has 2 aromatic heterocycles. The van der Waals surface area contributed by atoms with Crippen LogP contribution in [0.4, 0.5) is 0 Å².